The second-order valence-electron chi connectivity index (χ2n) is 9.17. The van der Waals surface area contributed by atoms with Crippen LogP contribution in [0.2, 0.25) is 0 Å². The topological polar surface area (TPSA) is 72.6 Å². The number of piperazine rings is 1. The van der Waals surface area contributed by atoms with E-state index >= 15 is 0 Å². The molecular weight excluding hydrogens is 521 g/mol. The van der Waals surface area contributed by atoms with Crippen LogP contribution in [0.3, 0.4) is 0 Å². The predicted octanol–water partition coefficient (Wildman–Crippen LogP) is 4.68. The summed E-state index contributed by atoms with van der Waals surface area (Å²) in [5.74, 6) is 0.193. The fourth-order valence-electron chi connectivity index (χ4n) is 4.79. The standard InChI is InChI=1S/C28H30FN5O2S2/c1-4-6-12-33-25(32-15-13-31(14-16-32)23-10-8-7-9-22(23)29)20(19(3)21(18-30)26(33)35)17-24-27(36)34(11-5-2)28(37)38-24/h5,7-10,17H,2,4,6,11-16H2,1,3H3/b24-17+. The molecule has 198 valence electrons. The van der Waals surface area contributed by atoms with Crippen LogP contribution in [0.1, 0.15) is 36.5 Å². The molecule has 3 heterocycles. The lowest BCUT2D eigenvalue weighted by molar-refractivity contribution is -0.121. The zero-order valence-corrected chi connectivity index (χ0v) is 23.2. The van der Waals surface area contributed by atoms with Gasteiger partial charge in [0.1, 0.15) is 27.6 Å². The van der Waals surface area contributed by atoms with Crippen molar-refractivity contribution in [3.8, 4) is 6.07 Å². The molecule has 2 fully saturated rings. The van der Waals surface area contributed by atoms with Gasteiger partial charge in [-0.05, 0) is 37.1 Å². The number of para-hydroxylation sites is 1. The van der Waals surface area contributed by atoms with Gasteiger partial charge in [0.15, 0.2) is 0 Å². The van der Waals surface area contributed by atoms with Crippen LogP contribution < -0.4 is 15.4 Å². The Morgan fingerprint density at radius 1 is 1.18 bits per heavy atom. The number of carbonyl (C=O) groups is 1. The van der Waals surface area contributed by atoms with Crippen molar-refractivity contribution in [2.45, 2.75) is 33.2 Å². The maximum atomic E-state index is 14.4. The largest absolute Gasteiger partial charge is 0.366 e. The Kier molecular flexibility index (Phi) is 8.69. The fourth-order valence-corrected chi connectivity index (χ4v) is 6.05. The third kappa shape index (κ3) is 5.26. The molecule has 0 N–H and O–H groups in total. The highest BCUT2D eigenvalue weighted by Crippen LogP contribution is 2.36. The van der Waals surface area contributed by atoms with Crippen molar-refractivity contribution in [1.82, 2.24) is 9.47 Å². The van der Waals surface area contributed by atoms with Crippen molar-refractivity contribution in [3.05, 3.63) is 74.7 Å². The summed E-state index contributed by atoms with van der Waals surface area (Å²) in [6, 6.07) is 8.80. The normalized spacial score (nSPS) is 16.9. The molecule has 7 nitrogen and oxygen atoms in total. The quantitative estimate of drug-likeness (QED) is 0.268. The number of halogens is 1. The van der Waals surface area contributed by atoms with E-state index in [1.165, 1.54) is 22.7 Å². The lowest BCUT2D eigenvalue weighted by Crippen LogP contribution is -2.49. The van der Waals surface area contributed by atoms with E-state index in [4.69, 9.17) is 12.2 Å². The van der Waals surface area contributed by atoms with Gasteiger partial charge in [0, 0.05) is 44.8 Å². The van der Waals surface area contributed by atoms with Crippen molar-refractivity contribution in [1.29, 1.82) is 5.26 Å². The summed E-state index contributed by atoms with van der Waals surface area (Å²) in [7, 11) is 0. The average molecular weight is 552 g/mol. The Hall–Kier alpha value is -3.42. The number of rotatable bonds is 8. The Labute approximate surface area is 231 Å². The SMILES string of the molecule is C=CCN1C(=O)/C(=C\c2c(C)c(C#N)c(=O)n(CCCC)c2N2CCN(c3ccccc3F)CC2)SC1=S. The van der Waals surface area contributed by atoms with Gasteiger partial charge in [0.05, 0.1) is 10.6 Å². The summed E-state index contributed by atoms with van der Waals surface area (Å²) in [5, 5.41) is 9.88. The van der Waals surface area contributed by atoms with Gasteiger partial charge in [-0.15, -0.1) is 6.58 Å². The molecule has 4 rings (SSSR count). The number of carbonyl (C=O) groups excluding carboxylic acids is 1. The van der Waals surface area contributed by atoms with Crippen molar-refractivity contribution in [2.75, 3.05) is 42.5 Å². The van der Waals surface area contributed by atoms with E-state index in [1.54, 1.807) is 35.8 Å². The fraction of sp³-hybridized carbons (Fsp3) is 0.357. The summed E-state index contributed by atoms with van der Waals surface area (Å²) in [5.41, 5.74) is 1.49. The maximum absolute atomic E-state index is 14.4. The summed E-state index contributed by atoms with van der Waals surface area (Å²) < 4.78 is 16.6. The molecule has 1 amide bonds. The summed E-state index contributed by atoms with van der Waals surface area (Å²) in [6.45, 7) is 10.5. The van der Waals surface area contributed by atoms with E-state index in [2.05, 4.69) is 17.5 Å². The first-order valence-corrected chi connectivity index (χ1v) is 13.8. The molecule has 0 spiro atoms. The van der Waals surface area contributed by atoms with Gasteiger partial charge in [-0.25, -0.2) is 4.39 Å². The van der Waals surface area contributed by atoms with E-state index < -0.39 is 0 Å². The molecule has 2 aromatic rings. The van der Waals surface area contributed by atoms with E-state index in [9.17, 15) is 19.2 Å². The van der Waals surface area contributed by atoms with Crippen LogP contribution in [-0.2, 0) is 11.3 Å². The van der Waals surface area contributed by atoms with Gasteiger partial charge in [-0.1, -0.05) is 55.5 Å². The number of hydrogen-bond donors (Lipinski definition) is 0. The predicted molar refractivity (Wildman–Crippen MR) is 156 cm³/mol. The number of thiocarbonyl (C=S) groups is 1. The Bertz CT molecular complexity index is 1400. The molecule has 0 saturated carbocycles. The molecule has 0 aliphatic carbocycles. The van der Waals surface area contributed by atoms with E-state index in [0.717, 1.165) is 12.8 Å². The number of aromatic nitrogens is 1. The first-order valence-electron chi connectivity index (χ1n) is 12.6. The highest BCUT2D eigenvalue weighted by molar-refractivity contribution is 8.26. The third-order valence-corrected chi connectivity index (χ3v) is 8.19. The molecule has 0 atom stereocenters. The molecule has 2 aliphatic heterocycles. The summed E-state index contributed by atoms with van der Waals surface area (Å²) in [4.78, 5) is 32.6. The number of unbranched alkanes of at least 4 members (excludes halogenated alkanes) is 1. The van der Waals surface area contributed by atoms with Crippen LogP contribution >= 0.6 is 24.0 Å². The number of hydrogen-bond acceptors (Lipinski definition) is 7. The minimum atomic E-state index is -0.332. The molecule has 1 aromatic heterocycles. The Morgan fingerprint density at radius 3 is 2.50 bits per heavy atom. The van der Waals surface area contributed by atoms with Gasteiger partial charge in [0.25, 0.3) is 11.5 Å². The van der Waals surface area contributed by atoms with Crippen LogP contribution in [-0.4, -0.2) is 52.4 Å². The van der Waals surface area contributed by atoms with Crippen LogP contribution in [0.5, 0.6) is 0 Å². The molecule has 1 aromatic carbocycles. The van der Waals surface area contributed by atoms with Crippen LogP contribution in [0.25, 0.3) is 6.08 Å². The number of nitrogens with zero attached hydrogens (tertiary/aromatic N) is 5. The molecular formula is C28H30FN5O2S2. The van der Waals surface area contributed by atoms with E-state index in [0.29, 0.717) is 71.1 Å². The van der Waals surface area contributed by atoms with Crippen molar-refractivity contribution < 1.29 is 9.18 Å². The van der Waals surface area contributed by atoms with E-state index in [-0.39, 0.29) is 22.8 Å². The zero-order valence-electron chi connectivity index (χ0n) is 21.6. The van der Waals surface area contributed by atoms with Gasteiger partial charge >= 0.3 is 0 Å². The van der Waals surface area contributed by atoms with E-state index in [1.807, 2.05) is 17.9 Å². The minimum Gasteiger partial charge on any atom is -0.366 e. The first kappa shape index (κ1) is 27.6. The van der Waals surface area contributed by atoms with Crippen molar-refractivity contribution in [2.24, 2.45) is 0 Å². The Morgan fingerprint density at radius 2 is 1.87 bits per heavy atom. The van der Waals surface area contributed by atoms with Gasteiger partial charge in [0.2, 0.25) is 0 Å². The molecule has 10 heteroatoms. The maximum Gasteiger partial charge on any atom is 0.270 e. The molecule has 0 radical (unpaired) electrons. The van der Waals surface area contributed by atoms with Crippen molar-refractivity contribution >= 4 is 51.8 Å². The number of pyridine rings is 1. The Balaban J connectivity index is 1.81. The van der Waals surface area contributed by atoms with Gasteiger partial charge < -0.3 is 9.80 Å². The first-order chi connectivity index (χ1) is 18.3. The second-order valence-corrected chi connectivity index (χ2v) is 10.8. The average Bonchev–Trinajstić information content (AvgIpc) is 3.18. The summed E-state index contributed by atoms with van der Waals surface area (Å²) in [6.07, 6.45) is 5.02. The summed E-state index contributed by atoms with van der Waals surface area (Å²) >= 11 is 6.62. The molecule has 0 bridgehead atoms. The highest BCUT2D eigenvalue weighted by atomic mass is 32.2. The van der Waals surface area contributed by atoms with Gasteiger partial charge in [-0.3, -0.25) is 19.1 Å². The highest BCUT2D eigenvalue weighted by Gasteiger charge is 2.33. The van der Waals surface area contributed by atoms with Crippen LogP contribution in [0.15, 0.2) is 46.6 Å². The van der Waals surface area contributed by atoms with Crippen LogP contribution in [0.4, 0.5) is 15.9 Å². The molecule has 0 unspecified atom stereocenters. The van der Waals surface area contributed by atoms with Crippen molar-refractivity contribution in [3.63, 3.8) is 0 Å². The molecule has 2 saturated heterocycles. The number of amides is 1. The zero-order chi connectivity index (χ0) is 27.4. The molecule has 2 aliphatic rings. The smallest absolute Gasteiger partial charge is 0.270 e. The third-order valence-electron chi connectivity index (χ3n) is 6.81. The molecule has 38 heavy (non-hydrogen) atoms. The number of benzene rings is 1. The van der Waals surface area contributed by atoms with Crippen LogP contribution in [0, 0.1) is 24.1 Å². The monoisotopic (exact) mass is 551 g/mol. The second kappa shape index (κ2) is 12.0. The number of nitriles is 1. The number of thioether (sulfide) groups is 1. The lowest BCUT2D eigenvalue weighted by atomic mass is 10.0. The number of anilines is 2. The van der Waals surface area contributed by atoms with Gasteiger partial charge in [-0.2, -0.15) is 5.26 Å². The lowest BCUT2D eigenvalue weighted by Gasteiger charge is -2.39. The minimum absolute atomic E-state index is 0.0719.